The predicted molar refractivity (Wildman–Crippen MR) is 122 cm³/mol. The number of benzene rings is 2. The Morgan fingerprint density at radius 1 is 0.969 bits per heavy atom. The van der Waals surface area contributed by atoms with Gasteiger partial charge in [-0.25, -0.2) is 4.98 Å². The molecular formula is C24H19N5O2S. The molecule has 6 rings (SSSR count). The third kappa shape index (κ3) is 3.29. The summed E-state index contributed by atoms with van der Waals surface area (Å²) >= 11 is 1.61. The highest BCUT2D eigenvalue weighted by Gasteiger charge is 2.20. The molecule has 0 amide bonds. The summed E-state index contributed by atoms with van der Waals surface area (Å²) in [6, 6.07) is 20.1. The van der Waals surface area contributed by atoms with Crippen molar-refractivity contribution in [3.05, 3.63) is 84.3 Å². The van der Waals surface area contributed by atoms with Crippen LogP contribution in [0.1, 0.15) is 11.3 Å². The van der Waals surface area contributed by atoms with Gasteiger partial charge < -0.3 is 13.9 Å². The van der Waals surface area contributed by atoms with Crippen LogP contribution in [0.15, 0.2) is 78.2 Å². The van der Waals surface area contributed by atoms with Crippen molar-refractivity contribution in [2.45, 2.75) is 17.8 Å². The lowest BCUT2D eigenvalue weighted by atomic mass is 10.2. The number of rotatable bonds is 5. The number of nitrogens with zero attached hydrogens (tertiary/aromatic N) is 5. The second kappa shape index (κ2) is 7.72. The van der Waals surface area contributed by atoms with Crippen molar-refractivity contribution >= 4 is 17.4 Å². The van der Waals surface area contributed by atoms with E-state index in [-0.39, 0.29) is 6.79 Å². The van der Waals surface area contributed by atoms with Gasteiger partial charge in [-0.3, -0.25) is 4.57 Å². The number of thioether (sulfide) groups is 1. The largest absolute Gasteiger partial charge is 0.454 e. The highest BCUT2D eigenvalue weighted by Crippen LogP contribution is 2.37. The van der Waals surface area contributed by atoms with Crippen molar-refractivity contribution in [2.24, 2.45) is 0 Å². The van der Waals surface area contributed by atoms with Gasteiger partial charge in [-0.2, -0.15) is 0 Å². The monoisotopic (exact) mass is 441 g/mol. The summed E-state index contributed by atoms with van der Waals surface area (Å²) in [4.78, 5) is 4.79. The molecule has 1 aliphatic rings. The minimum Gasteiger partial charge on any atom is -0.454 e. The van der Waals surface area contributed by atoms with Gasteiger partial charge in [0.15, 0.2) is 22.5 Å². The van der Waals surface area contributed by atoms with Crippen LogP contribution in [-0.4, -0.2) is 30.9 Å². The van der Waals surface area contributed by atoms with Gasteiger partial charge in [-0.1, -0.05) is 36.0 Å². The molecule has 3 aromatic heterocycles. The second-order valence-electron chi connectivity index (χ2n) is 7.49. The van der Waals surface area contributed by atoms with Crippen molar-refractivity contribution in [1.29, 1.82) is 0 Å². The molecule has 2 aromatic carbocycles. The van der Waals surface area contributed by atoms with Gasteiger partial charge in [0.05, 0.1) is 5.69 Å². The predicted octanol–water partition coefficient (Wildman–Crippen LogP) is 4.91. The fourth-order valence-corrected chi connectivity index (χ4v) is 4.64. The Morgan fingerprint density at radius 3 is 2.72 bits per heavy atom. The zero-order valence-corrected chi connectivity index (χ0v) is 18.1. The molecule has 7 nitrogen and oxygen atoms in total. The van der Waals surface area contributed by atoms with E-state index in [1.165, 1.54) is 0 Å². The van der Waals surface area contributed by atoms with E-state index in [1.807, 2.05) is 48.7 Å². The first-order chi connectivity index (χ1) is 15.8. The molecule has 0 spiro atoms. The van der Waals surface area contributed by atoms with E-state index in [9.17, 15) is 0 Å². The zero-order chi connectivity index (χ0) is 21.5. The highest BCUT2D eigenvalue weighted by molar-refractivity contribution is 7.98. The van der Waals surface area contributed by atoms with Crippen LogP contribution in [0.25, 0.3) is 22.7 Å². The maximum absolute atomic E-state index is 5.56. The summed E-state index contributed by atoms with van der Waals surface area (Å²) in [6.07, 6.45) is 4.09. The third-order valence-corrected chi connectivity index (χ3v) is 6.32. The lowest BCUT2D eigenvalue weighted by Crippen LogP contribution is -1.99. The number of para-hydroxylation sites is 1. The van der Waals surface area contributed by atoms with Crippen molar-refractivity contribution in [1.82, 2.24) is 24.1 Å². The Balaban J connectivity index is 1.37. The van der Waals surface area contributed by atoms with Gasteiger partial charge >= 0.3 is 0 Å². The number of fused-ring (bicyclic) bond motifs is 2. The van der Waals surface area contributed by atoms with E-state index in [0.29, 0.717) is 5.75 Å². The van der Waals surface area contributed by atoms with Crippen LogP contribution in [-0.2, 0) is 5.75 Å². The van der Waals surface area contributed by atoms with E-state index in [4.69, 9.17) is 14.5 Å². The minimum atomic E-state index is 0.240. The molecule has 8 heteroatoms. The SMILES string of the molecule is Cc1cccn2cc(CSc3nnc(-c4ccc5c(c4)OCO5)n3-c3ccccc3)nc12. The Bertz CT molecular complexity index is 1430. The molecule has 4 heterocycles. The van der Waals surface area contributed by atoms with Gasteiger partial charge in [0.25, 0.3) is 0 Å². The quantitative estimate of drug-likeness (QED) is 0.361. The standard InChI is InChI=1S/C24H19N5O2S/c1-16-6-5-11-28-13-18(25-22(16)28)14-32-24-27-26-23(29(24)19-7-3-2-4-8-19)17-9-10-20-21(12-17)31-15-30-20/h2-13H,14-15H2,1H3. The average Bonchev–Trinajstić information content (AvgIpc) is 3.55. The maximum Gasteiger partial charge on any atom is 0.231 e. The smallest absolute Gasteiger partial charge is 0.231 e. The molecule has 1 aliphatic heterocycles. The molecule has 0 saturated heterocycles. The molecule has 0 atom stereocenters. The second-order valence-corrected chi connectivity index (χ2v) is 8.43. The van der Waals surface area contributed by atoms with Crippen LogP contribution >= 0.6 is 11.8 Å². The van der Waals surface area contributed by atoms with Gasteiger partial charge in [0.2, 0.25) is 6.79 Å². The molecule has 0 unspecified atom stereocenters. The number of aryl methyl sites for hydroxylation is 1. The number of imidazole rings is 1. The van der Waals surface area contributed by atoms with Crippen LogP contribution in [0.2, 0.25) is 0 Å². The molecule has 0 radical (unpaired) electrons. The van der Waals surface area contributed by atoms with E-state index >= 15 is 0 Å². The number of aromatic nitrogens is 5. The minimum absolute atomic E-state index is 0.240. The van der Waals surface area contributed by atoms with Crippen molar-refractivity contribution in [2.75, 3.05) is 6.79 Å². The lowest BCUT2D eigenvalue weighted by molar-refractivity contribution is 0.174. The molecule has 0 bridgehead atoms. The zero-order valence-electron chi connectivity index (χ0n) is 17.3. The Labute approximate surface area is 188 Å². The van der Waals surface area contributed by atoms with E-state index in [1.54, 1.807) is 11.8 Å². The van der Waals surface area contributed by atoms with Crippen LogP contribution in [0.5, 0.6) is 11.5 Å². The van der Waals surface area contributed by atoms with E-state index < -0.39 is 0 Å². The number of hydrogen-bond acceptors (Lipinski definition) is 6. The van der Waals surface area contributed by atoms with Gasteiger partial charge in [-0.05, 0) is 48.9 Å². The van der Waals surface area contributed by atoms with E-state index in [0.717, 1.165) is 50.6 Å². The van der Waals surface area contributed by atoms with Gasteiger partial charge in [-0.15, -0.1) is 10.2 Å². The lowest BCUT2D eigenvalue weighted by Gasteiger charge is -2.10. The number of hydrogen-bond donors (Lipinski definition) is 0. The average molecular weight is 442 g/mol. The summed E-state index contributed by atoms with van der Waals surface area (Å²) in [5, 5.41) is 9.85. The topological polar surface area (TPSA) is 66.5 Å². The summed E-state index contributed by atoms with van der Waals surface area (Å²) in [5.74, 6) is 2.91. The molecule has 5 aromatic rings. The Morgan fingerprint density at radius 2 is 1.84 bits per heavy atom. The van der Waals surface area contributed by atoms with Crippen LogP contribution in [0, 0.1) is 6.92 Å². The summed E-state index contributed by atoms with van der Waals surface area (Å²) in [7, 11) is 0. The Kier molecular flexibility index (Phi) is 4.57. The molecular weight excluding hydrogens is 422 g/mol. The molecule has 0 saturated carbocycles. The van der Waals surface area contributed by atoms with Crippen LogP contribution < -0.4 is 9.47 Å². The third-order valence-electron chi connectivity index (χ3n) is 5.36. The highest BCUT2D eigenvalue weighted by atomic mass is 32.2. The molecule has 158 valence electrons. The maximum atomic E-state index is 5.56. The van der Waals surface area contributed by atoms with Gasteiger partial charge in [0, 0.05) is 29.4 Å². The van der Waals surface area contributed by atoms with E-state index in [2.05, 4.69) is 50.5 Å². The number of ether oxygens (including phenoxy) is 2. The molecule has 0 fully saturated rings. The first kappa shape index (κ1) is 18.9. The summed E-state index contributed by atoms with van der Waals surface area (Å²) < 4.78 is 15.1. The van der Waals surface area contributed by atoms with Crippen molar-refractivity contribution < 1.29 is 9.47 Å². The first-order valence-corrected chi connectivity index (χ1v) is 11.2. The Hall–Kier alpha value is -3.78. The van der Waals surface area contributed by atoms with Crippen LogP contribution in [0.3, 0.4) is 0 Å². The molecule has 32 heavy (non-hydrogen) atoms. The molecule has 0 N–H and O–H groups in total. The number of pyridine rings is 1. The van der Waals surface area contributed by atoms with Gasteiger partial charge in [0.1, 0.15) is 5.65 Å². The van der Waals surface area contributed by atoms with Crippen molar-refractivity contribution in [3.63, 3.8) is 0 Å². The van der Waals surface area contributed by atoms with Crippen LogP contribution in [0.4, 0.5) is 0 Å². The fraction of sp³-hybridized carbons (Fsp3) is 0.125. The summed E-state index contributed by atoms with van der Waals surface area (Å²) in [6.45, 7) is 2.31. The summed E-state index contributed by atoms with van der Waals surface area (Å²) in [5.41, 5.74) is 5.05. The van der Waals surface area contributed by atoms with Crippen molar-refractivity contribution in [3.8, 4) is 28.6 Å². The normalized spacial score (nSPS) is 12.5. The molecule has 0 aliphatic carbocycles. The fourth-order valence-electron chi connectivity index (χ4n) is 3.81. The first-order valence-electron chi connectivity index (χ1n) is 10.2.